The molecule has 0 heterocycles. The minimum absolute atomic E-state index is 1.04. The van der Waals surface area contributed by atoms with Crippen LogP contribution in [-0.2, 0) is 0 Å². The van der Waals surface area contributed by atoms with Crippen molar-refractivity contribution in [3.8, 4) is 0 Å². The van der Waals surface area contributed by atoms with E-state index in [1.54, 1.807) is 0 Å². The third kappa shape index (κ3) is 3.75. The standard InChI is InChI=1S/C10H20Si/c11-9-5-4-8-10-6-2-1-3-7-10/h4-5,10H,1-3,6-9H2,11H3. The van der Waals surface area contributed by atoms with E-state index in [1.807, 2.05) is 0 Å². The zero-order valence-corrected chi connectivity index (χ0v) is 9.68. The summed E-state index contributed by atoms with van der Waals surface area (Å²) in [4.78, 5) is 0. The highest BCUT2D eigenvalue weighted by molar-refractivity contribution is 6.09. The fraction of sp³-hybridized carbons (Fsp3) is 0.800. The van der Waals surface area contributed by atoms with Crippen LogP contribution in [0.3, 0.4) is 0 Å². The van der Waals surface area contributed by atoms with Crippen molar-refractivity contribution in [3.05, 3.63) is 12.2 Å². The van der Waals surface area contributed by atoms with E-state index in [0.717, 1.165) is 5.92 Å². The Hall–Kier alpha value is -0.0431. The van der Waals surface area contributed by atoms with Crippen LogP contribution in [0.1, 0.15) is 38.5 Å². The van der Waals surface area contributed by atoms with Crippen LogP contribution in [0.25, 0.3) is 0 Å². The van der Waals surface area contributed by atoms with Crippen molar-refractivity contribution in [3.63, 3.8) is 0 Å². The fourth-order valence-corrected chi connectivity index (χ4v) is 2.21. The maximum Gasteiger partial charge on any atom is 0.00754 e. The SMILES string of the molecule is [SiH3]CC=CCC1CCCCC1. The van der Waals surface area contributed by atoms with Crippen LogP contribution in [0.2, 0.25) is 6.04 Å². The largest absolute Gasteiger partial charge is 0.0921 e. The van der Waals surface area contributed by atoms with Crippen molar-refractivity contribution in [1.82, 2.24) is 0 Å². The Morgan fingerprint density at radius 2 is 1.82 bits per heavy atom. The van der Waals surface area contributed by atoms with Crippen LogP contribution >= 0.6 is 0 Å². The monoisotopic (exact) mass is 168 g/mol. The van der Waals surface area contributed by atoms with Gasteiger partial charge in [0.15, 0.2) is 0 Å². The van der Waals surface area contributed by atoms with Gasteiger partial charge in [0.2, 0.25) is 0 Å². The molecule has 11 heavy (non-hydrogen) atoms. The molecule has 0 bridgehead atoms. The van der Waals surface area contributed by atoms with Crippen LogP contribution < -0.4 is 0 Å². The summed E-state index contributed by atoms with van der Waals surface area (Å²) in [7, 11) is 1.33. The zero-order valence-electron chi connectivity index (χ0n) is 7.68. The van der Waals surface area contributed by atoms with Crippen molar-refractivity contribution in [1.29, 1.82) is 0 Å². The number of allylic oxidation sites excluding steroid dienone is 2. The molecule has 0 aromatic heterocycles. The summed E-state index contributed by atoms with van der Waals surface area (Å²) >= 11 is 0. The van der Waals surface area contributed by atoms with Crippen molar-refractivity contribution < 1.29 is 0 Å². The first-order valence-corrected chi connectivity index (χ1v) is 6.50. The normalized spacial score (nSPS) is 21.5. The third-order valence-electron chi connectivity index (χ3n) is 2.60. The highest BCUT2D eigenvalue weighted by atomic mass is 28.1. The molecule has 0 N–H and O–H groups in total. The molecule has 0 saturated heterocycles. The Balaban J connectivity index is 2.09. The van der Waals surface area contributed by atoms with Gasteiger partial charge in [-0.25, -0.2) is 0 Å². The number of rotatable bonds is 3. The van der Waals surface area contributed by atoms with Crippen molar-refractivity contribution in [2.75, 3.05) is 0 Å². The molecule has 1 fully saturated rings. The van der Waals surface area contributed by atoms with E-state index in [9.17, 15) is 0 Å². The first kappa shape index (κ1) is 9.05. The van der Waals surface area contributed by atoms with E-state index in [1.165, 1.54) is 54.8 Å². The maximum absolute atomic E-state index is 2.41. The lowest BCUT2D eigenvalue weighted by molar-refractivity contribution is 0.361. The molecule has 0 aromatic rings. The van der Waals surface area contributed by atoms with Gasteiger partial charge in [0, 0.05) is 10.2 Å². The Bertz CT molecular complexity index is 112. The van der Waals surface area contributed by atoms with E-state index < -0.39 is 0 Å². The Morgan fingerprint density at radius 3 is 2.45 bits per heavy atom. The highest BCUT2D eigenvalue weighted by Crippen LogP contribution is 2.26. The van der Waals surface area contributed by atoms with Crippen LogP contribution in [0.4, 0.5) is 0 Å². The average Bonchev–Trinajstić information content (AvgIpc) is 2.07. The van der Waals surface area contributed by atoms with Gasteiger partial charge in [-0.2, -0.15) is 0 Å². The van der Waals surface area contributed by atoms with Gasteiger partial charge in [-0.15, -0.1) is 0 Å². The van der Waals surface area contributed by atoms with Crippen LogP contribution in [0.15, 0.2) is 12.2 Å². The van der Waals surface area contributed by atoms with E-state index >= 15 is 0 Å². The lowest BCUT2D eigenvalue weighted by atomic mass is 9.87. The quantitative estimate of drug-likeness (QED) is 0.448. The summed E-state index contributed by atoms with van der Waals surface area (Å²) in [6.45, 7) is 0. The van der Waals surface area contributed by atoms with Gasteiger partial charge in [-0.1, -0.05) is 44.3 Å². The molecule has 0 radical (unpaired) electrons. The molecular weight excluding hydrogens is 148 g/mol. The molecule has 0 nitrogen and oxygen atoms in total. The van der Waals surface area contributed by atoms with Crippen LogP contribution in [-0.4, -0.2) is 10.2 Å². The van der Waals surface area contributed by atoms with Crippen LogP contribution in [0.5, 0.6) is 0 Å². The summed E-state index contributed by atoms with van der Waals surface area (Å²) < 4.78 is 0. The molecule has 1 aliphatic rings. The van der Waals surface area contributed by atoms with Gasteiger partial charge in [0.25, 0.3) is 0 Å². The third-order valence-corrected chi connectivity index (χ3v) is 3.07. The van der Waals surface area contributed by atoms with E-state index in [2.05, 4.69) is 12.2 Å². The minimum Gasteiger partial charge on any atom is -0.0921 e. The molecule has 1 rings (SSSR count). The minimum atomic E-state index is 1.04. The second-order valence-electron chi connectivity index (χ2n) is 3.62. The number of hydrogen-bond donors (Lipinski definition) is 0. The van der Waals surface area contributed by atoms with Gasteiger partial charge in [0.1, 0.15) is 0 Å². The topological polar surface area (TPSA) is 0 Å². The van der Waals surface area contributed by atoms with Crippen molar-refractivity contribution in [2.45, 2.75) is 44.6 Å². The summed E-state index contributed by atoms with van der Waals surface area (Å²) in [5.41, 5.74) is 0. The van der Waals surface area contributed by atoms with E-state index in [0.29, 0.717) is 0 Å². The Morgan fingerprint density at radius 1 is 1.09 bits per heavy atom. The molecule has 1 heteroatoms. The molecule has 1 aliphatic carbocycles. The first-order valence-electron chi connectivity index (χ1n) is 5.08. The smallest absolute Gasteiger partial charge is 0.00754 e. The highest BCUT2D eigenvalue weighted by Gasteiger charge is 2.10. The zero-order chi connectivity index (χ0) is 7.94. The molecule has 0 aliphatic heterocycles. The Labute approximate surface area is 73.5 Å². The Kier molecular flexibility index (Phi) is 4.60. The van der Waals surface area contributed by atoms with E-state index in [4.69, 9.17) is 0 Å². The van der Waals surface area contributed by atoms with Gasteiger partial charge in [-0.3, -0.25) is 0 Å². The molecular formula is C10H20Si. The van der Waals surface area contributed by atoms with Gasteiger partial charge < -0.3 is 0 Å². The second-order valence-corrected chi connectivity index (χ2v) is 4.44. The first-order chi connectivity index (χ1) is 5.43. The van der Waals surface area contributed by atoms with E-state index in [-0.39, 0.29) is 0 Å². The lowest BCUT2D eigenvalue weighted by Crippen LogP contribution is -2.04. The summed E-state index contributed by atoms with van der Waals surface area (Å²) in [5, 5.41) is 0. The molecule has 0 aromatic carbocycles. The number of hydrogen-bond acceptors (Lipinski definition) is 0. The van der Waals surface area contributed by atoms with Crippen LogP contribution in [0, 0.1) is 5.92 Å². The fourth-order valence-electron chi connectivity index (χ4n) is 1.88. The summed E-state index contributed by atoms with van der Waals surface area (Å²) in [5.74, 6) is 1.04. The second kappa shape index (κ2) is 5.59. The summed E-state index contributed by atoms with van der Waals surface area (Å²) in [6, 6.07) is 1.34. The predicted molar refractivity (Wildman–Crippen MR) is 55.1 cm³/mol. The molecule has 64 valence electrons. The maximum atomic E-state index is 2.41. The van der Waals surface area contributed by atoms with Crippen molar-refractivity contribution in [2.24, 2.45) is 5.92 Å². The molecule has 0 amide bonds. The van der Waals surface area contributed by atoms with Gasteiger partial charge >= 0.3 is 0 Å². The average molecular weight is 168 g/mol. The van der Waals surface area contributed by atoms with Gasteiger partial charge in [-0.05, 0) is 18.4 Å². The predicted octanol–water partition coefficient (Wildman–Crippen LogP) is 2.30. The van der Waals surface area contributed by atoms with Gasteiger partial charge in [0.05, 0.1) is 0 Å². The van der Waals surface area contributed by atoms with Crippen molar-refractivity contribution >= 4 is 10.2 Å². The molecule has 1 saturated carbocycles. The summed E-state index contributed by atoms with van der Waals surface area (Å²) in [6.07, 6.45) is 13.6. The molecule has 0 spiro atoms. The molecule has 0 atom stereocenters. The lowest BCUT2D eigenvalue weighted by Gasteiger charge is -2.19. The molecule has 0 unspecified atom stereocenters.